The van der Waals surface area contributed by atoms with Crippen LogP contribution in [0.2, 0.25) is 5.02 Å². The van der Waals surface area contributed by atoms with Gasteiger partial charge >= 0.3 is 0 Å². The molecule has 0 bridgehead atoms. The van der Waals surface area contributed by atoms with Gasteiger partial charge in [-0.15, -0.1) is 0 Å². The van der Waals surface area contributed by atoms with Gasteiger partial charge < -0.3 is 16.4 Å². The normalized spacial score (nSPS) is 10.2. The van der Waals surface area contributed by atoms with E-state index in [2.05, 4.69) is 20.6 Å². The molecule has 0 unspecified atom stereocenters. The van der Waals surface area contributed by atoms with E-state index in [1.807, 2.05) is 37.3 Å². The Morgan fingerprint density at radius 3 is 2.53 bits per heavy atom. The number of aromatic nitrogens is 2. The molecule has 2 rings (SSSR count). The van der Waals surface area contributed by atoms with E-state index in [9.17, 15) is 0 Å². The molecule has 0 spiro atoms. The van der Waals surface area contributed by atoms with Gasteiger partial charge in [-0.2, -0.15) is 9.97 Å². The van der Waals surface area contributed by atoms with Gasteiger partial charge in [0.15, 0.2) is 0 Å². The molecule has 1 aromatic heterocycles. The van der Waals surface area contributed by atoms with Crippen LogP contribution in [0.4, 0.5) is 17.6 Å². The van der Waals surface area contributed by atoms with Gasteiger partial charge in [0.2, 0.25) is 5.95 Å². The first kappa shape index (κ1) is 13.4. The first-order chi connectivity index (χ1) is 9.19. The molecule has 0 atom stereocenters. The first-order valence-corrected chi connectivity index (χ1v) is 6.42. The van der Waals surface area contributed by atoms with Crippen molar-refractivity contribution in [2.75, 3.05) is 22.9 Å². The summed E-state index contributed by atoms with van der Waals surface area (Å²) < 4.78 is 0. The monoisotopic (exact) mass is 277 g/mol. The summed E-state index contributed by atoms with van der Waals surface area (Å²) in [6.45, 7) is 3.36. The van der Waals surface area contributed by atoms with Gasteiger partial charge in [0.1, 0.15) is 11.6 Å². The third-order valence-electron chi connectivity index (χ3n) is 2.52. The molecule has 0 aliphatic heterocycles. The van der Waals surface area contributed by atoms with E-state index in [-0.39, 0.29) is 5.95 Å². The lowest BCUT2D eigenvalue weighted by Crippen LogP contribution is -2.08. The largest absolute Gasteiger partial charge is 0.370 e. The molecule has 0 aliphatic rings. The summed E-state index contributed by atoms with van der Waals surface area (Å²) in [5, 5.41) is 7.01. The molecular formula is C13H16ClN5. The molecule has 0 saturated heterocycles. The van der Waals surface area contributed by atoms with Crippen molar-refractivity contribution >= 4 is 29.2 Å². The van der Waals surface area contributed by atoms with Crippen molar-refractivity contribution in [2.45, 2.75) is 13.5 Å². The summed E-state index contributed by atoms with van der Waals surface area (Å²) in [6.07, 6.45) is 0. The van der Waals surface area contributed by atoms with Crippen LogP contribution in [0.25, 0.3) is 0 Å². The second-order valence-corrected chi connectivity index (χ2v) is 4.38. The Kier molecular flexibility index (Phi) is 4.41. The molecule has 0 amide bonds. The molecule has 4 N–H and O–H groups in total. The molecule has 1 heterocycles. The number of anilines is 3. The number of benzene rings is 1. The summed E-state index contributed by atoms with van der Waals surface area (Å²) in [5.41, 5.74) is 6.67. The molecule has 0 radical (unpaired) electrons. The van der Waals surface area contributed by atoms with E-state index in [1.165, 1.54) is 0 Å². The van der Waals surface area contributed by atoms with E-state index in [0.717, 1.165) is 17.1 Å². The highest BCUT2D eigenvalue weighted by Gasteiger charge is 2.03. The molecule has 0 fully saturated rings. The number of halogens is 1. The van der Waals surface area contributed by atoms with Crippen molar-refractivity contribution in [1.82, 2.24) is 9.97 Å². The minimum Gasteiger partial charge on any atom is -0.370 e. The number of hydrogen-bond donors (Lipinski definition) is 3. The predicted octanol–water partition coefficient (Wildman–Crippen LogP) is 2.76. The van der Waals surface area contributed by atoms with E-state index in [1.54, 1.807) is 0 Å². The van der Waals surface area contributed by atoms with Crippen LogP contribution in [0.3, 0.4) is 0 Å². The molecule has 6 heteroatoms. The minimum atomic E-state index is 0.236. The van der Waals surface area contributed by atoms with Gasteiger partial charge in [-0.3, -0.25) is 0 Å². The van der Waals surface area contributed by atoms with Crippen molar-refractivity contribution in [1.29, 1.82) is 0 Å². The first-order valence-electron chi connectivity index (χ1n) is 6.04. The quantitative estimate of drug-likeness (QED) is 0.783. The van der Waals surface area contributed by atoms with Gasteiger partial charge in [0.25, 0.3) is 0 Å². The van der Waals surface area contributed by atoms with E-state index in [4.69, 9.17) is 17.3 Å². The minimum absolute atomic E-state index is 0.236. The van der Waals surface area contributed by atoms with Gasteiger partial charge in [-0.05, 0) is 18.6 Å². The van der Waals surface area contributed by atoms with E-state index < -0.39 is 0 Å². The van der Waals surface area contributed by atoms with Crippen LogP contribution in [-0.4, -0.2) is 16.5 Å². The Bertz CT molecular complexity index is 558. The Hall–Kier alpha value is -2.01. The summed E-state index contributed by atoms with van der Waals surface area (Å²) in [7, 11) is 0. The second kappa shape index (κ2) is 6.24. The molecular weight excluding hydrogens is 262 g/mol. The van der Waals surface area contributed by atoms with E-state index >= 15 is 0 Å². The smallest absolute Gasteiger partial charge is 0.223 e. The average molecular weight is 278 g/mol. The lowest BCUT2D eigenvalue weighted by atomic mass is 10.2. The zero-order valence-electron chi connectivity index (χ0n) is 10.7. The molecule has 2 aromatic rings. The zero-order chi connectivity index (χ0) is 13.7. The highest BCUT2D eigenvalue weighted by Crippen LogP contribution is 2.17. The fourth-order valence-electron chi connectivity index (χ4n) is 1.66. The maximum absolute atomic E-state index is 6.09. The second-order valence-electron chi connectivity index (χ2n) is 3.97. The van der Waals surface area contributed by atoms with Crippen molar-refractivity contribution in [2.24, 2.45) is 0 Å². The molecule has 100 valence electrons. The predicted molar refractivity (Wildman–Crippen MR) is 79.4 cm³/mol. The number of nitrogens with zero attached hydrogens (tertiary/aromatic N) is 2. The standard InChI is InChI=1S/C13H16ClN5/c1-2-16-11-7-12(19-13(15)18-11)17-8-9-5-3-4-6-10(9)14/h3-7H,2,8H2,1H3,(H4,15,16,17,18,19). The third kappa shape index (κ3) is 3.72. The van der Waals surface area contributed by atoms with Crippen molar-refractivity contribution < 1.29 is 0 Å². The van der Waals surface area contributed by atoms with Crippen LogP contribution in [0, 0.1) is 0 Å². The molecule has 0 saturated carbocycles. The lowest BCUT2D eigenvalue weighted by molar-refractivity contribution is 1.08. The maximum atomic E-state index is 6.09. The van der Waals surface area contributed by atoms with Crippen LogP contribution in [-0.2, 0) is 6.54 Å². The summed E-state index contributed by atoms with van der Waals surface area (Å²) in [4.78, 5) is 8.22. The van der Waals surface area contributed by atoms with Crippen LogP contribution in [0.1, 0.15) is 12.5 Å². The average Bonchev–Trinajstić information content (AvgIpc) is 2.37. The lowest BCUT2D eigenvalue weighted by Gasteiger charge is -2.09. The summed E-state index contributed by atoms with van der Waals surface area (Å²) in [6, 6.07) is 9.48. The number of hydrogen-bond acceptors (Lipinski definition) is 5. The highest BCUT2D eigenvalue weighted by atomic mass is 35.5. The number of nitrogen functional groups attached to an aromatic ring is 1. The number of rotatable bonds is 5. The van der Waals surface area contributed by atoms with Crippen LogP contribution >= 0.6 is 11.6 Å². The fraction of sp³-hybridized carbons (Fsp3) is 0.231. The highest BCUT2D eigenvalue weighted by molar-refractivity contribution is 6.31. The maximum Gasteiger partial charge on any atom is 0.223 e. The van der Waals surface area contributed by atoms with Gasteiger partial charge in [0, 0.05) is 24.2 Å². The fourth-order valence-corrected chi connectivity index (χ4v) is 1.86. The van der Waals surface area contributed by atoms with Gasteiger partial charge in [-0.1, -0.05) is 29.8 Å². The molecule has 19 heavy (non-hydrogen) atoms. The van der Waals surface area contributed by atoms with Crippen LogP contribution in [0.5, 0.6) is 0 Å². The van der Waals surface area contributed by atoms with Crippen molar-refractivity contribution in [3.63, 3.8) is 0 Å². The SMILES string of the molecule is CCNc1cc(NCc2ccccc2Cl)nc(N)n1. The van der Waals surface area contributed by atoms with Crippen LogP contribution < -0.4 is 16.4 Å². The summed E-state index contributed by atoms with van der Waals surface area (Å²) >= 11 is 6.09. The van der Waals surface area contributed by atoms with Crippen molar-refractivity contribution in [3.8, 4) is 0 Å². The third-order valence-corrected chi connectivity index (χ3v) is 2.89. The Morgan fingerprint density at radius 2 is 1.84 bits per heavy atom. The van der Waals surface area contributed by atoms with Crippen LogP contribution in [0.15, 0.2) is 30.3 Å². The number of nitrogens with one attached hydrogen (secondary N) is 2. The molecule has 0 aliphatic carbocycles. The van der Waals surface area contributed by atoms with E-state index in [0.29, 0.717) is 18.2 Å². The van der Waals surface area contributed by atoms with Gasteiger partial charge in [-0.25, -0.2) is 0 Å². The Labute approximate surface area is 117 Å². The van der Waals surface area contributed by atoms with Gasteiger partial charge in [0.05, 0.1) is 0 Å². The zero-order valence-corrected chi connectivity index (χ0v) is 11.4. The Balaban J connectivity index is 2.09. The van der Waals surface area contributed by atoms with Crippen molar-refractivity contribution in [3.05, 3.63) is 40.9 Å². The number of nitrogens with two attached hydrogens (primary N) is 1. The summed E-state index contributed by atoms with van der Waals surface area (Å²) in [5.74, 6) is 1.61. The molecule has 1 aromatic carbocycles. The Morgan fingerprint density at radius 1 is 1.16 bits per heavy atom. The topological polar surface area (TPSA) is 75.9 Å². The molecule has 5 nitrogen and oxygen atoms in total.